The topological polar surface area (TPSA) is 104 Å². The maximum Gasteiger partial charge on any atom is 0.280 e. The summed E-state index contributed by atoms with van der Waals surface area (Å²) in [7, 11) is 0. The number of amides is 1. The Labute approximate surface area is 155 Å². The van der Waals surface area contributed by atoms with Crippen molar-refractivity contribution in [1.29, 1.82) is 0 Å². The molecule has 0 spiro atoms. The lowest BCUT2D eigenvalue weighted by Gasteiger charge is -2.18. The molecule has 0 saturated carbocycles. The van der Waals surface area contributed by atoms with E-state index in [9.17, 15) is 14.9 Å². The van der Waals surface area contributed by atoms with Crippen molar-refractivity contribution in [3.63, 3.8) is 0 Å². The van der Waals surface area contributed by atoms with E-state index in [0.29, 0.717) is 46.0 Å². The van der Waals surface area contributed by atoms with Crippen molar-refractivity contribution in [2.45, 2.75) is 0 Å². The Morgan fingerprint density at radius 3 is 2.73 bits per heavy atom. The van der Waals surface area contributed by atoms with E-state index in [2.05, 4.69) is 10.3 Å². The molecule has 1 aliphatic heterocycles. The lowest BCUT2D eigenvalue weighted by atomic mass is 10.2. The van der Waals surface area contributed by atoms with Gasteiger partial charge in [0.25, 0.3) is 11.6 Å². The van der Waals surface area contributed by atoms with Gasteiger partial charge in [-0.15, -0.1) is 22.7 Å². The first kappa shape index (κ1) is 16.5. The molecule has 0 aliphatic carbocycles. The molecular weight excluding hydrogens is 378 g/mol. The van der Waals surface area contributed by atoms with E-state index in [0.717, 1.165) is 0 Å². The van der Waals surface area contributed by atoms with Crippen molar-refractivity contribution < 1.29 is 19.2 Å². The molecule has 1 aliphatic rings. The van der Waals surface area contributed by atoms with E-state index in [1.165, 1.54) is 34.1 Å². The molecule has 0 fully saturated rings. The molecule has 0 unspecified atom stereocenters. The van der Waals surface area contributed by atoms with Crippen LogP contribution in [0.3, 0.4) is 0 Å². The molecular formula is C16H11N3O5S2. The third kappa shape index (κ3) is 3.24. The number of hydrogen-bond acceptors (Lipinski definition) is 8. The number of nitro groups is 1. The summed E-state index contributed by atoms with van der Waals surface area (Å²) in [5.74, 6) is 0.832. The van der Waals surface area contributed by atoms with Gasteiger partial charge in [-0.3, -0.25) is 20.2 Å². The van der Waals surface area contributed by atoms with Crippen LogP contribution in [0, 0.1) is 10.1 Å². The van der Waals surface area contributed by atoms with Crippen molar-refractivity contribution in [2.24, 2.45) is 0 Å². The number of benzene rings is 1. The maximum atomic E-state index is 12.4. The summed E-state index contributed by atoms with van der Waals surface area (Å²) in [5.41, 5.74) is 1.04. The predicted molar refractivity (Wildman–Crippen MR) is 97.5 cm³/mol. The number of rotatable bonds is 4. The second kappa shape index (κ2) is 6.73. The van der Waals surface area contributed by atoms with Gasteiger partial charge in [0.05, 0.1) is 20.9 Å². The fraction of sp³-hybridized carbons (Fsp3) is 0.125. The van der Waals surface area contributed by atoms with Gasteiger partial charge in [-0.2, -0.15) is 0 Å². The number of carbonyl (C=O) groups excluding carboxylic acids is 1. The van der Waals surface area contributed by atoms with Crippen LogP contribution in [0.5, 0.6) is 11.5 Å². The Bertz CT molecular complexity index is 997. The molecule has 2 aromatic heterocycles. The Balaban J connectivity index is 1.50. The monoisotopic (exact) mass is 389 g/mol. The highest BCUT2D eigenvalue weighted by Crippen LogP contribution is 2.34. The van der Waals surface area contributed by atoms with Gasteiger partial charge in [0, 0.05) is 17.0 Å². The highest BCUT2D eigenvalue weighted by atomic mass is 32.1. The van der Waals surface area contributed by atoms with Gasteiger partial charge in [-0.25, -0.2) is 4.98 Å². The van der Waals surface area contributed by atoms with Gasteiger partial charge >= 0.3 is 0 Å². The Morgan fingerprint density at radius 2 is 1.96 bits per heavy atom. The van der Waals surface area contributed by atoms with Crippen LogP contribution in [0.4, 0.5) is 10.8 Å². The van der Waals surface area contributed by atoms with Gasteiger partial charge in [-0.05, 0) is 18.2 Å². The van der Waals surface area contributed by atoms with Crippen LogP contribution in [-0.4, -0.2) is 29.0 Å². The van der Waals surface area contributed by atoms with Gasteiger partial charge in [0.1, 0.15) is 13.2 Å². The summed E-state index contributed by atoms with van der Waals surface area (Å²) in [6, 6.07) is 6.44. The van der Waals surface area contributed by atoms with Crippen LogP contribution in [-0.2, 0) is 0 Å². The number of ether oxygens (including phenoxy) is 2. The number of thiophene rings is 1. The minimum atomic E-state index is -0.447. The Kier molecular flexibility index (Phi) is 4.27. The zero-order chi connectivity index (χ0) is 18.1. The standard InChI is InChI=1S/C16H11N3O5S2/c20-15(9-1-2-12-13(5-9)24-4-3-23-12)18-16-17-11(8-26-16)14-6-10(7-25-14)19(21)22/h1-2,5-8H,3-4H2,(H,17,18,20). The molecule has 0 radical (unpaired) electrons. The SMILES string of the molecule is O=C(Nc1nc(-c2cc([N+](=O)[O-])cs2)cs1)c1ccc2c(c1)OCCO2. The fourth-order valence-corrected chi connectivity index (χ4v) is 3.95. The number of aromatic nitrogens is 1. The molecule has 10 heteroatoms. The van der Waals surface area contributed by atoms with Gasteiger partial charge < -0.3 is 9.47 Å². The second-order valence-corrected chi connectivity index (χ2v) is 7.05. The number of nitrogens with one attached hydrogen (secondary N) is 1. The van der Waals surface area contributed by atoms with E-state index < -0.39 is 4.92 Å². The minimum Gasteiger partial charge on any atom is -0.486 e. The molecule has 1 N–H and O–H groups in total. The highest BCUT2D eigenvalue weighted by molar-refractivity contribution is 7.16. The van der Waals surface area contributed by atoms with Crippen LogP contribution in [0.15, 0.2) is 35.0 Å². The van der Waals surface area contributed by atoms with Crippen molar-refractivity contribution in [3.05, 3.63) is 50.7 Å². The summed E-state index contributed by atoms with van der Waals surface area (Å²) < 4.78 is 10.9. The fourth-order valence-electron chi connectivity index (χ4n) is 2.35. The van der Waals surface area contributed by atoms with Crippen LogP contribution in [0.1, 0.15) is 10.4 Å². The molecule has 0 bridgehead atoms. The molecule has 132 valence electrons. The molecule has 3 aromatic rings. The van der Waals surface area contributed by atoms with Crippen molar-refractivity contribution in [2.75, 3.05) is 18.5 Å². The normalized spacial score (nSPS) is 12.6. The number of carbonyl (C=O) groups is 1. The van der Waals surface area contributed by atoms with E-state index in [1.54, 1.807) is 23.6 Å². The molecule has 1 aromatic carbocycles. The third-order valence-electron chi connectivity index (χ3n) is 3.58. The van der Waals surface area contributed by atoms with Crippen LogP contribution >= 0.6 is 22.7 Å². The van der Waals surface area contributed by atoms with Crippen LogP contribution < -0.4 is 14.8 Å². The number of anilines is 1. The molecule has 8 nitrogen and oxygen atoms in total. The first-order valence-electron chi connectivity index (χ1n) is 7.50. The first-order valence-corrected chi connectivity index (χ1v) is 9.26. The van der Waals surface area contributed by atoms with Crippen molar-refractivity contribution in [1.82, 2.24) is 4.98 Å². The molecule has 1 amide bonds. The number of thiazole rings is 1. The van der Waals surface area contributed by atoms with Gasteiger partial charge in [0.2, 0.25) is 0 Å². The van der Waals surface area contributed by atoms with Crippen molar-refractivity contribution >= 4 is 39.4 Å². The summed E-state index contributed by atoms with van der Waals surface area (Å²) in [5, 5.41) is 17.1. The average molecular weight is 389 g/mol. The number of fused-ring (bicyclic) bond motifs is 1. The third-order valence-corrected chi connectivity index (χ3v) is 5.28. The lowest BCUT2D eigenvalue weighted by molar-refractivity contribution is -0.384. The molecule has 26 heavy (non-hydrogen) atoms. The van der Waals surface area contributed by atoms with Crippen molar-refractivity contribution in [3.8, 4) is 22.1 Å². The summed E-state index contributed by atoms with van der Waals surface area (Å²) in [6.07, 6.45) is 0. The molecule has 0 atom stereocenters. The number of hydrogen-bond donors (Lipinski definition) is 1. The van der Waals surface area contributed by atoms with Gasteiger partial charge in [0.15, 0.2) is 16.6 Å². The van der Waals surface area contributed by atoms with Crippen LogP contribution in [0.25, 0.3) is 10.6 Å². The van der Waals surface area contributed by atoms with Gasteiger partial charge in [-0.1, -0.05) is 0 Å². The van der Waals surface area contributed by atoms with E-state index in [4.69, 9.17) is 9.47 Å². The first-order chi connectivity index (χ1) is 12.6. The number of nitrogens with zero attached hydrogens (tertiary/aromatic N) is 2. The molecule has 4 rings (SSSR count). The quantitative estimate of drug-likeness (QED) is 0.538. The van der Waals surface area contributed by atoms with E-state index in [1.807, 2.05) is 0 Å². The zero-order valence-corrected chi connectivity index (χ0v) is 14.8. The summed E-state index contributed by atoms with van der Waals surface area (Å²) >= 11 is 2.49. The smallest absolute Gasteiger partial charge is 0.280 e. The second-order valence-electron chi connectivity index (χ2n) is 5.28. The highest BCUT2D eigenvalue weighted by Gasteiger charge is 2.17. The Morgan fingerprint density at radius 1 is 1.15 bits per heavy atom. The summed E-state index contributed by atoms with van der Waals surface area (Å²) in [6.45, 7) is 0.933. The van der Waals surface area contributed by atoms with Crippen LogP contribution in [0.2, 0.25) is 0 Å². The molecule has 3 heterocycles. The molecule has 0 saturated heterocycles. The van der Waals surface area contributed by atoms with E-state index >= 15 is 0 Å². The van der Waals surface area contributed by atoms with E-state index in [-0.39, 0.29) is 11.6 Å². The largest absolute Gasteiger partial charge is 0.486 e. The lowest BCUT2D eigenvalue weighted by Crippen LogP contribution is -2.17. The zero-order valence-electron chi connectivity index (χ0n) is 13.1. The predicted octanol–water partition coefficient (Wildman–Crippen LogP) is 3.80. The maximum absolute atomic E-state index is 12.4. The average Bonchev–Trinajstić information content (AvgIpc) is 3.30. The minimum absolute atomic E-state index is 0.0277. The summed E-state index contributed by atoms with van der Waals surface area (Å²) in [4.78, 5) is 27.7. The Hall–Kier alpha value is -2.98.